The van der Waals surface area contributed by atoms with Crippen LogP contribution in [0.15, 0.2) is 18.2 Å². The van der Waals surface area contributed by atoms with Crippen LogP contribution in [0, 0.1) is 23.0 Å². The van der Waals surface area contributed by atoms with Gasteiger partial charge in [-0.3, -0.25) is 9.59 Å². The average molecular weight is 350 g/mol. The van der Waals surface area contributed by atoms with Crippen LogP contribution in [0.2, 0.25) is 0 Å². The molecule has 0 unspecified atom stereocenters. The molecule has 1 atom stereocenters. The van der Waals surface area contributed by atoms with E-state index in [1.54, 1.807) is 9.80 Å². The molecular formula is C19H24F2N2O2. The summed E-state index contributed by atoms with van der Waals surface area (Å²) in [5, 5.41) is 0. The number of likely N-dealkylation sites (tertiary alicyclic amines) is 2. The van der Waals surface area contributed by atoms with Crippen molar-refractivity contribution in [2.24, 2.45) is 11.3 Å². The van der Waals surface area contributed by atoms with Crippen molar-refractivity contribution in [3.63, 3.8) is 0 Å². The molecule has 1 aromatic rings. The molecule has 0 N–H and O–H groups in total. The predicted molar refractivity (Wildman–Crippen MR) is 89.5 cm³/mol. The Bertz CT molecular complexity index is 692. The van der Waals surface area contributed by atoms with Gasteiger partial charge in [-0.25, -0.2) is 8.78 Å². The fourth-order valence-corrected chi connectivity index (χ4v) is 3.98. The summed E-state index contributed by atoms with van der Waals surface area (Å²) < 4.78 is 27.4. The van der Waals surface area contributed by atoms with Gasteiger partial charge in [0.1, 0.15) is 0 Å². The first-order valence-electron chi connectivity index (χ1n) is 8.85. The Morgan fingerprint density at radius 2 is 2.00 bits per heavy atom. The second kappa shape index (κ2) is 6.73. The maximum atomic E-state index is 13.9. The number of halogens is 2. The Labute approximate surface area is 146 Å². The third-order valence-electron chi connectivity index (χ3n) is 5.38. The third-order valence-corrected chi connectivity index (χ3v) is 5.38. The standard InChI is InChI=1S/C19H24F2N2O2/c1-13(2)17(24)23-10-8-19(12-23)7-4-9-22(18(19)25)11-14-5-3-6-15(20)16(14)21/h3,5-6,13H,4,7-12H2,1-2H3/t19-/m1/s1. The zero-order chi connectivity index (χ0) is 18.2. The number of benzene rings is 1. The number of carbonyl (C=O) groups is 2. The summed E-state index contributed by atoms with van der Waals surface area (Å²) in [6.45, 7) is 5.34. The van der Waals surface area contributed by atoms with E-state index in [1.165, 1.54) is 12.1 Å². The van der Waals surface area contributed by atoms with Crippen LogP contribution in [0.5, 0.6) is 0 Å². The van der Waals surface area contributed by atoms with Crippen LogP contribution in [0.3, 0.4) is 0 Å². The van der Waals surface area contributed by atoms with Crippen LogP contribution in [0.25, 0.3) is 0 Å². The molecule has 136 valence electrons. The minimum absolute atomic E-state index is 0.0403. The van der Waals surface area contributed by atoms with E-state index in [0.717, 1.165) is 18.9 Å². The number of hydrogen-bond acceptors (Lipinski definition) is 2. The van der Waals surface area contributed by atoms with Gasteiger partial charge in [-0.1, -0.05) is 26.0 Å². The highest BCUT2D eigenvalue weighted by molar-refractivity contribution is 5.86. The van der Waals surface area contributed by atoms with Gasteiger partial charge in [0.05, 0.1) is 5.41 Å². The van der Waals surface area contributed by atoms with Gasteiger partial charge in [0, 0.05) is 37.7 Å². The number of amides is 2. The lowest BCUT2D eigenvalue weighted by molar-refractivity contribution is -0.147. The van der Waals surface area contributed by atoms with Crippen LogP contribution in [-0.4, -0.2) is 41.2 Å². The zero-order valence-corrected chi connectivity index (χ0v) is 14.7. The predicted octanol–water partition coefficient (Wildman–Crippen LogP) is 2.96. The van der Waals surface area contributed by atoms with E-state index in [9.17, 15) is 18.4 Å². The Morgan fingerprint density at radius 1 is 1.24 bits per heavy atom. The van der Waals surface area contributed by atoms with E-state index in [4.69, 9.17) is 0 Å². The largest absolute Gasteiger partial charge is 0.341 e. The number of hydrogen-bond donors (Lipinski definition) is 0. The molecule has 6 heteroatoms. The third kappa shape index (κ3) is 3.26. The summed E-state index contributed by atoms with van der Waals surface area (Å²) >= 11 is 0. The Hall–Kier alpha value is -1.98. The first-order valence-corrected chi connectivity index (χ1v) is 8.85. The van der Waals surface area contributed by atoms with E-state index >= 15 is 0 Å². The Kier molecular flexibility index (Phi) is 4.80. The number of carbonyl (C=O) groups excluding carboxylic acids is 2. The van der Waals surface area contributed by atoms with Crippen LogP contribution in [0.4, 0.5) is 8.78 Å². The molecule has 0 aliphatic carbocycles. The van der Waals surface area contributed by atoms with E-state index in [0.29, 0.717) is 26.1 Å². The van der Waals surface area contributed by atoms with Gasteiger partial charge in [-0.2, -0.15) is 0 Å². The van der Waals surface area contributed by atoms with Crippen molar-refractivity contribution >= 4 is 11.8 Å². The molecule has 4 nitrogen and oxygen atoms in total. The van der Waals surface area contributed by atoms with E-state index in [2.05, 4.69) is 0 Å². The van der Waals surface area contributed by atoms with Crippen molar-refractivity contribution in [1.82, 2.24) is 9.80 Å². The number of nitrogens with zero attached hydrogens (tertiary/aromatic N) is 2. The van der Waals surface area contributed by atoms with Crippen molar-refractivity contribution in [1.29, 1.82) is 0 Å². The van der Waals surface area contributed by atoms with Gasteiger partial charge in [-0.05, 0) is 25.3 Å². The van der Waals surface area contributed by atoms with Gasteiger partial charge < -0.3 is 9.80 Å². The quantitative estimate of drug-likeness (QED) is 0.841. The highest BCUT2D eigenvalue weighted by Crippen LogP contribution is 2.41. The van der Waals surface area contributed by atoms with Crippen LogP contribution >= 0.6 is 0 Å². The summed E-state index contributed by atoms with van der Waals surface area (Å²) in [5.74, 6) is -1.85. The average Bonchev–Trinajstić information content (AvgIpc) is 3.00. The molecule has 2 saturated heterocycles. The normalized spacial score (nSPS) is 23.8. The minimum Gasteiger partial charge on any atom is -0.341 e. The molecule has 0 bridgehead atoms. The maximum Gasteiger partial charge on any atom is 0.230 e. The molecule has 2 heterocycles. The lowest BCUT2D eigenvalue weighted by Gasteiger charge is -2.39. The summed E-state index contributed by atoms with van der Waals surface area (Å²) in [7, 11) is 0. The van der Waals surface area contributed by atoms with Gasteiger partial charge in [0.25, 0.3) is 0 Å². The van der Waals surface area contributed by atoms with Gasteiger partial charge in [0.15, 0.2) is 11.6 Å². The number of rotatable bonds is 3. The maximum absolute atomic E-state index is 13.9. The first kappa shape index (κ1) is 17.8. The molecule has 1 aromatic carbocycles. The molecule has 2 aliphatic heterocycles. The van der Waals surface area contributed by atoms with Crippen molar-refractivity contribution in [3.05, 3.63) is 35.4 Å². The van der Waals surface area contributed by atoms with Crippen LogP contribution < -0.4 is 0 Å². The molecular weight excluding hydrogens is 326 g/mol. The summed E-state index contributed by atoms with van der Waals surface area (Å²) in [4.78, 5) is 28.7. The topological polar surface area (TPSA) is 40.6 Å². The highest BCUT2D eigenvalue weighted by Gasteiger charge is 2.49. The van der Waals surface area contributed by atoms with Gasteiger partial charge in [-0.15, -0.1) is 0 Å². The fourth-order valence-electron chi connectivity index (χ4n) is 3.98. The van der Waals surface area contributed by atoms with Gasteiger partial charge >= 0.3 is 0 Å². The molecule has 3 rings (SSSR count). The van der Waals surface area contributed by atoms with E-state index in [1.807, 2.05) is 13.8 Å². The lowest BCUT2D eigenvalue weighted by Crippen LogP contribution is -2.50. The molecule has 0 radical (unpaired) electrons. The SMILES string of the molecule is CC(C)C(=O)N1CC[C@]2(CCCN(Cc3cccc(F)c3F)C2=O)C1. The second-order valence-corrected chi connectivity index (χ2v) is 7.49. The summed E-state index contributed by atoms with van der Waals surface area (Å²) in [6.07, 6.45) is 2.20. The van der Waals surface area contributed by atoms with Crippen molar-refractivity contribution in [2.75, 3.05) is 19.6 Å². The molecule has 2 fully saturated rings. The van der Waals surface area contributed by atoms with Gasteiger partial charge in [0.2, 0.25) is 11.8 Å². The van der Waals surface area contributed by atoms with E-state index < -0.39 is 17.0 Å². The van der Waals surface area contributed by atoms with Crippen LogP contribution in [-0.2, 0) is 16.1 Å². The molecule has 1 spiro atoms. The number of piperidine rings is 1. The fraction of sp³-hybridized carbons (Fsp3) is 0.579. The highest BCUT2D eigenvalue weighted by atomic mass is 19.2. The van der Waals surface area contributed by atoms with Crippen molar-refractivity contribution in [3.8, 4) is 0 Å². The minimum atomic E-state index is -0.897. The Morgan fingerprint density at radius 3 is 2.72 bits per heavy atom. The van der Waals surface area contributed by atoms with Crippen LogP contribution in [0.1, 0.15) is 38.7 Å². The molecule has 0 aromatic heterocycles. The summed E-state index contributed by atoms with van der Waals surface area (Å²) in [5.41, 5.74) is -0.370. The molecule has 25 heavy (non-hydrogen) atoms. The Balaban J connectivity index is 1.76. The monoisotopic (exact) mass is 350 g/mol. The van der Waals surface area contributed by atoms with E-state index in [-0.39, 0.29) is 29.8 Å². The smallest absolute Gasteiger partial charge is 0.230 e. The van der Waals surface area contributed by atoms with Crippen molar-refractivity contribution in [2.45, 2.75) is 39.7 Å². The first-order chi connectivity index (χ1) is 11.8. The molecule has 2 aliphatic rings. The van der Waals surface area contributed by atoms with Crippen molar-refractivity contribution < 1.29 is 18.4 Å². The molecule has 2 amide bonds. The second-order valence-electron chi connectivity index (χ2n) is 7.49. The lowest BCUT2D eigenvalue weighted by atomic mass is 9.78. The zero-order valence-electron chi connectivity index (χ0n) is 14.7. The molecule has 0 saturated carbocycles. The summed E-state index contributed by atoms with van der Waals surface area (Å²) in [6, 6.07) is 4.04.